The van der Waals surface area contributed by atoms with Gasteiger partial charge in [-0.1, -0.05) is 12.1 Å². The van der Waals surface area contributed by atoms with Gasteiger partial charge < -0.3 is 19.7 Å². The van der Waals surface area contributed by atoms with Crippen molar-refractivity contribution in [2.24, 2.45) is 0 Å². The largest absolute Gasteiger partial charge is 0.476 e. The molecule has 6 heteroatoms. The third kappa shape index (κ3) is 1.56. The number of cyclic esters (lactones) is 2. The van der Waals surface area contributed by atoms with Gasteiger partial charge in [0.15, 0.2) is 0 Å². The van der Waals surface area contributed by atoms with Gasteiger partial charge in [-0.3, -0.25) is 0 Å². The van der Waals surface area contributed by atoms with Crippen molar-refractivity contribution in [2.45, 2.75) is 0 Å². The summed E-state index contributed by atoms with van der Waals surface area (Å²) >= 11 is 0. The zero-order valence-corrected chi connectivity index (χ0v) is 7.84. The minimum absolute atomic E-state index is 0.00347. The van der Waals surface area contributed by atoms with E-state index in [-0.39, 0.29) is 11.1 Å². The number of fused-ring (bicyclic) bond motifs is 1. The van der Waals surface area contributed by atoms with Crippen LogP contribution < -0.4 is 0 Å². The Bertz CT molecular complexity index is 459. The molecule has 82 valence electrons. The van der Waals surface area contributed by atoms with Crippen LogP contribution in [-0.4, -0.2) is 22.2 Å². The number of hydrogen-bond donors (Lipinski definition) is 2. The normalized spacial score (nSPS) is 14.6. The van der Waals surface area contributed by atoms with E-state index in [1.807, 2.05) is 0 Å². The fourth-order valence-corrected chi connectivity index (χ4v) is 1.23. The third-order valence-corrected chi connectivity index (χ3v) is 1.92. The molecule has 2 N–H and O–H groups in total. The van der Waals surface area contributed by atoms with Gasteiger partial charge in [0.25, 0.3) is 0 Å². The lowest BCUT2D eigenvalue weighted by Crippen LogP contribution is -2.06. The highest BCUT2D eigenvalue weighted by Gasteiger charge is 2.29. The van der Waals surface area contributed by atoms with Crippen LogP contribution in [0, 0.1) is 0 Å². The Hall–Kier alpha value is -2.50. The van der Waals surface area contributed by atoms with E-state index in [2.05, 4.69) is 9.47 Å². The summed E-state index contributed by atoms with van der Waals surface area (Å²) < 4.78 is 8.93. The van der Waals surface area contributed by atoms with Gasteiger partial charge in [0.1, 0.15) is 0 Å². The van der Waals surface area contributed by atoms with Crippen LogP contribution >= 0.6 is 0 Å². The van der Waals surface area contributed by atoms with Crippen LogP contribution in [0.1, 0.15) is 20.7 Å². The highest BCUT2D eigenvalue weighted by Crippen LogP contribution is 2.20. The van der Waals surface area contributed by atoms with Gasteiger partial charge in [-0.25, -0.2) is 9.59 Å². The molecule has 0 aromatic heterocycles. The Morgan fingerprint density at radius 3 is 1.75 bits per heavy atom. The summed E-state index contributed by atoms with van der Waals surface area (Å²) in [4.78, 5) is 22.9. The van der Waals surface area contributed by atoms with Crippen molar-refractivity contribution in [1.29, 1.82) is 0 Å². The number of ether oxygens (including phenoxy) is 2. The molecule has 0 radical (unpaired) electrons. The molecule has 6 nitrogen and oxygen atoms in total. The highest BCUT2D eigenvalue weighted by molar-refractivity contribution is 6.04. The standard InChI is InChI=1S/C10H6O6/c11-7(12)10-15-8(13)5-3-1-2-4-6(5)9(14)16-10/h1-4,11-12H. The number of esters is 2. The first-order valence-corrected chi connectivity index (χ1v) is 4.25. The SMILES string of the molecule is O=C1OC(=C(O)O)OC(=O)c2ccccc21. The molecule has 0 saturated heterocycles. The molecular weight excluding hydrogens is 216 g/mol. The van der Waals surface area contributed by atoms with E-state index in [9.17, 15) is 9.59 Å². The van der Waals surface area contributed by atoms with Gasteiger partial charge in [-0.2, -0.15) is 0 Å². The van der Waals surface area contributed by atoms with Crippen molar-refractivity contribution in [1.82, 2.24) is 0 Å². The second-order valence-electron chi connectivity index (χ2n) is 2.94. The predicted molar refractivity (Wildman–Crippen MR) is 49.6 cm³/mol. The van der Waals surface area contributed by atoms with Crippen molar-refractivity contribution in [2.75, 3.05) is 0 Å². The molecular formula is C10H6O6. The maximum absolute atomic E-state index is 11.5. The van der Waals surface area contributed by atoms with Crippen LogP contribution in [0.4, 0.5) is 0 Å². The van der Waals surface area contributed by atoms with Crippen molar-refractivity contribution >= 4 is 11.9 Å². The highest BCUT2D eigenvalue weighted by atomic mass is 16.7. The van der Waals surface area contributed by atoms with E-state index < -0.39 is 23.8 Å². The first kappa shape index (κ1) is 10.0. The number of carbonyl (C=O) groups is 2. The second-order valence-corrected chi connectivity index (χ2v) is 2.94. The Labute approximate surface area is 89.3 Å². The molecule has 16 heavy (non-hydrogen) atoms. The Morgan fingerprint density at radius 1 is 0.938 bits per heavy atom. The second kappa shape index (κ2) is 3.58. The van der Waals surface area contributed by atoms with E-state index in [4.69, 9.17) is 10.2 Å². The van der Waals surface area contributed by atoms with Gasteiger partial charge in [0.05, 0.1) is 11.1 Å². The molecule has 1 aromatic carbocycles. The summed E-state index contributed by atoms with van der Waals surface area (Å²) in [6.45, 7) is 0. The average Bonchev–Trinajstić information content (AvgIpc) is 2.39. The summed E-state index contributed by atoms with van der Waals surface area (Å²) in [6.07, 6.45) is 0. The van der Waals surface area contributed by atoms with Crippen LogP contribution in [0.25, 0.3) is 0 Å². The molecule has 1 aromatic rings. The van der Waals surface area contributed by atoms with Crippen molar-refractivity contribution < 1.29 is 29.3 Å². The molecule has 0 amide bonds. The lowest BCUT2D eigenvalue weighted by molar-refractivity contribution is 0.00989. The number of aliphatic hydroxyl groups excluding tert-OH is 1. The predicted octanol–water partition coefficient (Wildman–Crippen LogP) is 1.26. The number of aliphatic hydroxyl groups is 2. The monoisotopic (exact) mass is 222 g/mol. The molecule has 0 atom stereocenters. The van der Waals surface area contributed by atoms with Crippen LogP contribution in [0.15, 0.2) is 36.2 Å². The summed E-state index contributed by atoms with van der Waals surface area (Å²) in [5.41, 5.74) is 0.00694. The fraction of sp³-hybridized carbons (Fsp3) is 0. The van der Waals surface area contributed by atoms with E-state index >= 15 is 0 Å². The van der Waals surface area contributed by atoms with Crippen LogP contribution in [-0.2, 0) is 9.47 Å². The lowest BCUT2D eigenvalue weighted by atomic mass is 10.1. The molecule has 0 spiro atoms. The maximum atomic E-state index is 11.5. The molecule has 1 aliphatic heterocycles. The minimum Gasteiger partial charge on any atom is -0.476 e. The molecule has 0 saturated carbocycles. The van der Waals surface area contributed by atoms with E-state index in [1.165, 1.54) is 12.1 Å². The zero-order valence-electron chi connectivity index (χ0n) is 7.84. The van der Waals surface area contributed by atoms with Crippen LogP contribution in [0.3, 0.4) is 0 Å². The van der Waals surface area contributed by atoms with E-state index in [1.54, 1.807) is 12.1 Å². The van der Waals surface area contributed by atoms with Gasteiger partial charge in [-0.15, -0.1) is 0 Å². The quantitative estimate of drug-likeness (QED) is 0.507. The van der Waals surface area contributed by atoms with Crippen molar-refractivity contribution in [3.63, 3.8) is 0 Å². The summed E-state index contributed by atoms with van der Waals surface area (Å²) in [7, 11) is 0. The van der Waals surface area contributed by atoms with Crippen molar-refractivity contribution in [3.8, 4) is 0 Å². The number of benzene rings is 1. The van der Waals surface area contributed by atoms with Crippen molar-refractivity contribution in [3.05, 3.63) is 47.3 Å². The van der Waals surface area contributed by atoms with Crippen LogP contribution in [0.2, 0.25) is 0 Å². The first-order chi connectivity index (χ1) is 7.59. The van der Waals surface area contributed by atoms with Gasteiger partial charge in [0.2, 0.25) is 0 Å². The average molecular weight is 222 g/mol. The molecule has 1 heterocycles. The first-order valence-electron chi connectivity index (χ1n) is 4.25. The summed E-state index contributed by atoms with van der Waals surface area (Å²) in [5.74, 6) is -4.07. The smallest absolute Gasteiger partial charge is 0.380 e. The number of carbonyl (C=O) groups excluding carboxylic acids is 2. The van der Waals surface area contributed by atoms with Gasteiger partial charge >= 0.3 is 23.8 Å². The van der Waals surface area contributed by atoms with E-state index in [0.717, 1.165) is 0 Å². The topological polar surface area (TPSA) is 93.1 Å². The van der Waals surface area contributed by atoms with Crippen LogP contribution in [0.5, 0.6) is 0 Å². The molecule has 0 bridgehead atoms. The van der Waals surface area contributed by atoms with Gasteiger partial charge in [0, 0.05) is 0 Å². The minimum atomic E-state index is -1.37. The molecule has 0 aliphatic carbocycles. The molecule has 1 aliphatic rings. The summed E-state index contributed by atoms with van der Waals surface area (Å²) in [6, 6.07) is 5.83. The molecule has 0 fully saturated rings. The third-order valence-electron chi connectivity index (χ3n) is 1.92. The Morgan fingerprint density at radius 2 is 1.38 bits per heavy atom. The fourth-order valence-electron chi connectivity index (χ4n) is 1.23. The maximum Gasteiger partial charge on any atom is 0.380 e. The van der Waals surface area contributed by atoms with E-state index in [0.29, 0.717) is 0 Å². The zero-order chi connectivity index (χ0) is 11.7. The number of hydrogen-bond acceptors (Lipinski definition) is 6. The molecule has 0 unspecified atom stereocenters. The Kier molecular flexibility index (Phi) is 2.24. The lowest BCUT2D eigenvalue weighted by Gasteiger charge is -2.01. The molecule has 2 rings (SSSR count). The summed E-state index contributed by atoms with van der Waals surface area (Å²) in [5, 5.41) is 17.4. The number of rotatable bonds is 0. The van der Waals surface area contributed by atoms with Gasteiger partial charge in [-0.05, 0) is 12.1 Å². The Balaban J connectivity index is 2.54.